The van der Waals surface area contributed by atoms with E-state index in [9.17, 15) is 13.2 Å². The van der Waals surface area contributed by atoms with Gasteiger partial charge in [0.25, 0.3) is 0 Å². The second-order valence-corrected chi connectivity index (χ2v) is 5.90. The highest BCUT2D eigenvalue weighted by Crippen LogP contribution is 2.22. The van der Waals surface area contributed by atoms with E-state index in [2.05, 4.69) is 4.72 Å². The molecule has 0 bridgehead atoms. The Labute approximate surface area is 87.0 Å². The van der Waals surface area contributed by atoms with E-state index in [-0.39, 0.29) is 6.04 Å². The molecule has 1 rings (SSSR count). The van der Waals surface area contributed by atoms with Gasteiger partial charge in [-0.05, 0) is 19.1 Å². The van der Waals surface area contributed by atoms with E-state index in [0.717, 1.165) is 17.4 Å². The SMILES string of the molecule is CC(NS(C)(=O)=O)c1ccc(C=O)s1. The van der Waals surface area contributed by atoms with E-state index in [1.54, 1.807) is 19.1 Å². The Bertz CT molecular complexity index is 422. The summed E-state index contributed by atoms with van der Waals surface area (Å²) in [5, 5.41) is 0. The van der Waals surface area contributed by atoms with Crippen molar-refractivity contribution in [3.63, 3.8) is 0 Å². The third-order valence-electron chi connectivity index (χ3n) is 1.58. The summed E-state index contributed by atoms with van der Waals surface area (Å²) >= 11 is 1.29. The molecule has 1 aromatic rings. The molecule has 0 amide bonds. The van der Waals surface area contributed by atoms with Gasteiger partial charge in [-0.15, -0.1) is 11.3 Å². The monoisotopic (exact) mass is 233 g/mol. The van der Waals surface area contributed by atoms with Crippen molar-refractivity contribution < 1.29 is 13.2 Å². The number of thiophene rings is 1. The molecule has 78 valence electrons. The number of nitrogens with one attached hydrogen (secondary N) is 1. The second-order valence-electron chi connectivity index (χ2n) is 2.97. The van der Waals surface area contributed by atoms with Crippen LogP contribution < -0.4 is 4.72 Å². The van der Waals surface area contributed by atoms with E-state index in [1.807, 2.05) is 0 Å². The van der Waals surface area contributed by atoms with E-state index in [0.29, 0.717) is 4.88 Å². The highest BCUT2D eigenvalue weighted by molar-refractivity contribution is 7.88. The summed E-state index contributed by atoms with van der Waals surface area (Å²) in [5.74, 6) is 0. The van der Waals surface area contributed by atoms with Gasteiger partial charge in [-0.1, -0.05) is 0 Å². The quantitative estimate of drug-likeness (QED) is 0.794. The third kappa shape index (κ3) is 3.21. The first-order valence-corrected chi connectivity index (χ1v) is 6.65. The van der Waals surface area contributed by atoms with Crippen molar-refractivity contribution in [3.05, 3.63) is 21.9 Å². The van der Waals surface area contributed by atoms with Crippen LogP contribution >= 0.6 is 11.3 Å². The number of hydrogen-bond donors (Lipinski definition) is 1. The average Bonchev–Trinajstić information content (AvgIpc) is 2.48. The van der Waals surface area contributed by atoms with Crippen molar-refractivity contribution in [2.45, 2.75) is 13.0 Å². The van der Waals surface area contributed by atoms with Gasteiger partial charge in [0, 0.05) is 4.88 Å². The second kappa shape index (κ2) is 4.20. The van der Waals surface area contributed by atoms with Crippen LogP contribution in [0.2, 0.25) is 0 Å². The van der Waals surface area contributed by atoms with Crippen LogP contribution in [-0.2, 0) is 10.0 Å². The van der Waals surface area contributed by atoms with Gasteiger partial charge in [0.2, 0.25) is 10.0 Å². The zero-order valence-electron chi connectivity index (χ0n) is 7.85. The molecule has 1 heterocycles. The molecule has 1 unspecified atom stereocenters. The maximum absolute atomic E-state index is 10.9. The Hall–Kier alpha value is -0.720. The molecule has 0 aromatic carbocycles. The van der Waals surface area contributed by atoms with Gasteiger partial charge in [0.15, 0.2) is 6.29 Å². The molecule has 1 atom stereocenters. The zero-order chi connectivity index (χ0) is 10.8. The van der Waals surface area contributed by atoms with Crippen LogP contribution in [0.1, 0.15) is 27.5 Å². The molecule has 1 N–H and O–H groups in total. The van der Waals surface area contributed by atoms with Gasteiger partial charge >= 0.3 is 0 Å². The number of sulfonamides is 1. The smallest absolute Gasteiger partial charge is 0.209 e. The van der Waals surface area contributed by atoms with E-state index >= 15 is 0 Å². The van der Waals surface area contributed by atoms with Crippen LogP contribution in [-0.4, -0.2) is 21.0 Å². The Kier molecular flexibility index (Phi) is 3.41. The van der Waals surface area contributed by atoms with Crippen molar-refractivity contribution in [3.8, 4) is 0 Å². The molecule has 0 aliphatic carbocycles. The summed E-state index contributed by atoms with van der Waals surface area (Å²) in [7, 11) is -3.20. The fraction of sp³-hybridized carbons (Fsp3) is 0.375. The minimum absolute atomic E-state index is 0.288. The van der Waals surface area contributed by atoms with Crippen molar-refractivity contribution in [2.75, 3.05) is 6.26 Å². The topological polar surface area (TPSA) is 63.2 Å². The number of hydrogen-bond acceptors (Lipinski definition) is 4. The predicted molar refractivity (Wildman–Crippen MR) is 56.1 cm³/mol. The van der Waals surface area contributed by atoms with Crippen LogP contribution in [0.15, 0.2) is 12.1 Å². The molecule has 0 aliphatic rings. The van der Waals surface area contributed by atoms with Gasteiger partial charge in [-0.2, -0.15) is 0 Å². The first kappa shape index (κ1) is 11.4. The van der Waals surface area contributed by atoms with E-state index < -0.39 is 10.0 Å². The molecule has 0 spiro atoms. The van der Waals surface area contributed by atoms with Crippen LogP contribution in [0.4, 0.5) is 0 Å². The Morgan fingerprint density at radius 1 is 1.50 bits per heavy atom. The summed E-state index contributed by atoms with van der Waals surface area (Å²) < 4.78 is 24.3. The molecule has 14 heavy (non-hydrogen) atoms. The van der Waals surface area contributed by atoms with Crippen molar-refractivity contribution in [2.24, 2.45) is 0 Å². The van der Waals surface area contributed by atoms with Crippen molar-refractivity contribution >= 4 is 27.6 Å². The summed E-state index contributed by atoms with van der Waals surface area (Å²) in [6, 6.07) is 3.13. The maximum atomic E-state index is 10.9. The Balaban J connectivity index is 2.79. The van der Waals surface area contributed by atoms with Crippen LogP contribution in [0.3, 0.4) is 0 Å². The lowest BCUT2D eigenvalue weighted by Gasteiger charge is -2.09. The molecule has 1 aromatic heterocycles. The fourth-order valence-electron chi connectivity index (χ4n) is 1.04. The molecular formula is C8H11NO3S2. The molecule has 0 saturated heterocycles. The summed E-state index contributed by atoms with van der Waals surface area (Å²) in [6.07, 6.45) is 1.86. The van der Waals surface area contributed by atoms with Gasteiger partial charge in [0.05, 0.1) is 17.2 Å². The average molecular weight is 233 g/mol. The highest BCUT2D eigenvalue weighted by Gasteiger charge is 2.12. The van der Waals surface area contributed by atoms with Gasteiger partial charge in [-0.25, -0.2) is 13.1 Å². The summed E-state index contributed by atoms with van der Waals surface area (Å²) in [6.45, 7) is 1.74. The highest BCUT2D eigenvalue weighted by atomic mass is 32.2. The number of carbonyl (C=O) groups excluding carboxylic acids is 1. The van der Waals surface area contributed by atoms with Crippen LogP contribution in [0.25, 0.3) is 0 Å². The minimum atomic E-state index is -3.20. The molecule has 6 heteroatoms. The molecule has 0 fully saturated rings. The number of aldehydes is 1. The first-order chi connectivity index (χ1) is 6.42. The van der Waals surface area contributed by atoms with Gasteiger partial charge in [-0.3, -0.25) is 4.79 Å². The molecular weight excluding hydrogens is 222 g/mol. The molecule has 4 nitrogen and oxygen atoms in total. The molecule has 0 radical (unpaired) electrons. The minimum Gasteiger partial charge on any atom is -0.297 e. The van der Waals surface area contributed by atoms with E-state index in [4.69, 9.17) is 0 Å². The summed E-state index contributed by atoms with van der Waals surface area (Å²) in [5.41, 5.74) is 0. The maximum Gasteiger partial charge on any atom is 0.209 e. The largest absolute Gasteiger partial charge is 0.297 e. The lowest BCUT2D eigenvalue weighted by atomic mass is 10.3. The van der Waals surface area contributed by atoms with Crippen LogP contribution in [0, 0.1) is 0 Å². The van der Waals surface area contributed by atoms with Crippen molar-refractivity contribution in [1.29, 1.82) is 0 Å². The molecule has 0 aliphatic heterocycles. The lowest BCUT2D eigenvalue weighted by Crippen LogP contribution is -2.24. The van der Waals surface area contributed by atoms with Gasteiger partial charge in [0.1, 0.15) is 0 Å². The van der Waals surface area contributed by atoms with E-state index in [1.165, 1.54) is 11.3 Å². The van der Waals surface area contributed by atoms with Crippen molar-refractivity contribution in [1.82, 2.24) is 4.72 Å². The number of rotatable bonds is 4. The molecule has 0 saturated carbocycles. The third-order valence-corrected chi connectivity index (χ3v) is 3.56. The standard InChI is InChI=1S/C8H11NO3S2/c1-6(9-14(2,11)12)8-4-3-7(5-10)13-8/h3-6,9H,1-2H3. The zero-order valence-corrected chi connectivity index (χ0v) is 9.48. The van der Waals surface area contributed by atoms with Crippen LogP contribution in [0.5, 0.6) is 0 Å². The Morgan fingerprint density at radius 2 is 2.14 bits per heavy atom. The van der Waals surface area contributed by atoms with Gasteiger partial charge < -0.3 is 0 Å². The Morgan fingerprint density at radius 3 is 2.57 bits per heavy atom. The fourth-order valence-corrected chi connectivity index (χ4v) is 2.72. The first-order valence-electron chi connectivity index (χ1n) is 3.94. The lowest BCUT2D eigenvalue weighted by molar-refractivity contribution is 0.112. The summed E-state index contributed by atoms with van der Waals surface area (Å²) in [4.78, 5) is 11.8. The predicted octanol–water partition coefficient (Wildman–Crippen LogP) is 1.17. The number of carbonyl (C=O) groups is 1. The normalized spacial score (nSPS) is 13.9.